The smallest absolute Gasteiger partial charge is 0.319 e. The molecule has 0 bridgehead atoms. The van der Waals surface area contributed by atoms with Crippen molar-refractivity contribution in [2.45, 2.75) is 13.3 Å². The van der Waals surface area contributed by atoms with Crippen LogP contribution >= 0.6 is 11.6 Å². The quantitative estimate of drug-likeness (QED) is 0.849. The van der Waals surface area contributed by atoms with Gasteiger partial charge in [-0.2, -0.15) is 5.26 Å². The molecule has 5 heteroatoms. The summed E-state index contributed by atoms with van der Waals surface area (Å²) in [5.41, 5.74) is 0.893. The van der Waals surface area contributed by atoms with E-state index in [9.17, 15) is 4.79 Å². The van der Waals surface area contributed by atoms with Crippen LogP contribution in [0.1, 0.15) is 18.9 Å². The van der Waals surface area contributed by atoms with Crippen molar-refractivity contribution >= 4 is 23.3 Å². The number of rotatable bonds is 3. The van der Waals surface area contributed by atoms with E-state index in [1.54, 1.807) is 12.1 Å². The Morgan fingerprint density at radius 3 is 2.94 bits per heavy atom. The number of halogens is 1. The summed E-state index contributed by atoms with van der Waals surface area (Å²) < 4.78 is 0. The van der Waals surface area contributed by atoms with Gasteiger partial charge in [0, 0.05) is 6.54 Å². The van der Waals surface area contributed by atoms with Crippen LogP contribution in [0, 0.1) is 11.3 Å². The minimum Gasteiger partial charge on any atom is -0.338 e. The Kier molecular flexibility index (Phi) is 4.62. The van der Waals surface area contributed by atoms with Crippen molar-refractivity contribution in [3.8, 4) is 6.07 Å². The number of urea groups is 1. The highest BCUT2D eigenvalue weighted by molar-refractivity contribution is 6.33. The largest absolute Gasteiger partial charge is 0.338 e. The van der Waals surface area contributed by atoms with Crippen LogP contribution in [0.3, 0.4) is 0 Å². The monoisotopic (exact) mass is 237 g/mol. The van der Waals surface area contributed by atoms with Gasteiger partial charge in [0.2, 0.25) is 0 Å². The Morgan fingerprint density at radius 2 is 2.31 bits per heavy atom. The number of hydrogen-bond donors (Lipinski definition) is 2. The zero-order valence-electron chi connectivity index (χ0n) is 8.88. The normalized spacial score (nSPS) is 9.31. The second kappa shape index (κ2) is 5.99. The van der Waals surface area contributed by atoms with Crippen molar-refractivity contribution in [3.63, 3.8) is 0 Å². The van der Waals surface area contributed by atoms with Gasteiger partial charge in [-0.3, -0.25) is 0 Å². The average molecular weight is 238 g/mol. The third-order valence-electron chi connectivity index (χ3n) is 1.88. The molecule has 0 spiro atoms. The molecule has 0 aliphatic rings. The molecule has 1 aromatic rings. The van der Waals surface area contributed by atoms with Crippen molar-refractivity contribution in [2.75, 3.05) is 11.9 Å². The van der Waals surface area contributed by atoms with Gasteiger partial charge >= 0.3 is 6.03 Å². The van der Waals surface area contributed by atoms with Crippen molar-refractivity contribution in [1.29, 1.82) is 5.26 Å². The highest BCUT2D eigenvalue weighted by Gasteiger charge is 2.05. The van der Waals surface area contributed by atoms with E-state index in [4.69, 9.17) is 16.9 Å². The molecule has 1 rings (SSSR count). The molecule has 0 unspecified atom stereocenters. The molecular formula is C11H12ClN3O. The van der Waals surface area contributed by atoms with Gasteiger partial charge in [0.05, 0.1) is 22.3 Å². The summed E-state index contributed by atoms with van der Waals surface area (Å²) >= 11 is 5.88. The summed E-state index contributed by atoms with van der Waals surface area (Å²) in [6.45, 7) is 2.56. The molecule has 2 amide bonds. The number of hydrogen-bond acceptors (Lipinski definition) is 2. The molecule has 1 aromatic carbocycles. The number of benzene rings is 1. The van der Waals surface area contributed by atoms with Gasteiger partial charge in [-0.25, -0.2) is 4.79 Å². The Labute approximate surface area is 99.2 Å². The van der Waals surface area contributed by atoms with E-state index < -0.39 is 0 Å². The van der Waals surface area contributed by atoms with Gasteiger partial charge in [0.15, 0.2) is 0 Å². The van der Waals surface area contributed by atoms with E-state index in [0.717, 1.165) is 6.42 Å². The van der Waals surface area contributed by atoms with E-state index >= 15 is 0 Å². The Balaban J connectivity index is 2.73. The van der Waals surface area contributed by atoms with Gasteiger partial charge in [-0.15, -0.1) is 0 Å². The summed E-state index contributed by atoms with van der Waals surface area (Å²) in [5.74, 6) is 0. The summed E-state index contributed by atoms with van der Waals surface area (Å²) in [7, 11) is 0. The number of nitrogens with one attached hydrogen (secondary N) is 2. The van der Waals surface area contributed by atoms with Crippen LogP contribution in [-0.4, -0.2) is 12.6 Å². The lowest BCUT2D eigenvalue weighted by molar-refractivity contribution is 0.252. The lowest BCUT2D eigenvalue weighted by atomic mass is 10.2. The molecule has 0 saturated heterocycles. The lowest BCUT2D eigenvalue weighted by Crippen LogP contribution is -2.29. The predicted molar refractivity (Wildman–Crippen MR) is 63.5 cm³/mol. The number of amides is 2. The molecule has 0 aliphatic carbocycles. The number of nitriles is 1. The lowest BCUT2D eigenvalue weighted by Gasteiger charge is -2.08. The second-order valence-electron chi connectivity index (χ2n) is 3.19. The molecule has 0 aromatic heterocycles. The topological polar surface area (TPSA) is 64.9 Å². The van der Waals surface area contributed by atoms with Crippen LogP contribution < -0.4 is 10.6 Å². The zero-order valence-corrected chi connectivity index (χ0v) is 9.64. The minimum atomic E-state index is -0.321. The number of nitrogens with zero attached hydrogens (tertiary/aromatic N) is 1. The summed E-state index contributed by atoms with van der Waals surface area (Å²) in [6, 6.07) is 6.37. The number of carbonyl (C=O) groups excluding carboxylic acids is 1. The third-order valence-corrected chi connectivity index (χ3v) is 2.21. The van der Waals surface area contributed by atoms with E-state index in [1.807, 2.05) is 13.0 Å². The van der Waals surface area contributed by atoms with Crippen LogP contribution in [-0.2, 0) is 0 Å². The van der Waals surface area contributed by atoms with Crippen molar-refractivity contribution in [2.24, 2.45) is 0 Å². The van der Waals surface area contributed by atoms with Crippen LogP contribution in [0.4, 0.5) is 10.5 Å². The molecule has 2 N–H and O–H groups in total. The fourth-order valence-corrected chi connectivity index (χ4v) is 1.26. The van der Waals surface area contributed by atoms with Gasteiger partial charge in [0.25, 0.3) is 0 Å². The molecule has 0 saturated carbocycles. The first-order valence-electron chi connectivity index (χ1n) is 4.92. The molecule has 0 atom stereocenters. The van der Waals surface area contributed by atoms with Crippen molar-refractivity contribution in [1.82, 2.24) is 5.32 Å². The summed E-state index contributed by atoms with van der Waals surface area (Å²) in [6.07, 6.45) is 0.861. The predicted octanol–water partition coefficient (Wildman–Crippen LogP) is 2.74. The van der Waals surface area contributed by atoms with E-state index in [1.165, 1.54) is 6.07 Å². The van der Waals surface area contributed by atoms with Crippen LogP contribution in [0.2, 0.25) is 5.02 Å². The van der Waals surface area contributed by atoms with Crippen LogP contribution in [0.15, 0.2) is 18.2 Å². The highest BCUT2D eigenvalue weighted by atomic mass is 35.5. The maximum Gasteiger partial charge on any atom is 0.319 e. The van der Waals surface area contributed by atoms with Crippen LogP contribution in [0.25, 0.3) is 0 Å². The van der Waals surface area contributed by atoms with Gasteiger partial charge < -0.3 is 10.6 Å². The SMILES string of the molecule is CCCNC(=O)Nc1cc(C#N)ccc1Cl. The molecular weight excluding hydrogens is 226 g/mol. The average Bonchev–Trinajstić information content (AvgIpc) is 2.29. The molecule has 0 fully saturated rings. The second-order valence-corrected chi connectivity index (χ2v) is 3.59. The fourth-order valence-electron chi connectivity index (χ4n) is 1.10. The number of carbonyl (C=O) groups is 1. The minimum absolute atomic E-state index is 0.321. The van der Waals surface area contributed by atoms with Gasteiger partial charge in [0.1, 0.15) is 0 Å². The van der Waals surface area contributed by atoms with Gasteiger partial charge in [-0.05, 0) is 24.6 Å². The van der Waals surface area contributed by atoms with E-state index in [0.29, 0.717) is 22.8 Å². The Hall–Kier alpha value is -1.73. The third kappa shape index (κ3) is 3.44. The maximum absolute atomic E-state index is 11.4. The molecule has 0 heterocycles. The first-order chi connectivity index (χ1) is 7.67. The van der Waals surface area contributed by atoms with Crippen molar-refractivity contribution < 1.29 is 4.79 Å². The molecule has 16 heavy (non-hydrogen) atoms. The molecule has 0 radical (unpaired) electrons. The Bertz CT molecular complexity index is 426. The Morgan fingerprint density at radius 1 is 1.56 bits per heavy atom. The first kappa shape index (κ1) is 12.3. The summed E-state index contributed by atoms with van der Waals surface area (Å²) in [4.78, 5) is 11.4. The number of anilines is 1. The maximum atomic E-state index is 11.4. The highest BCUT2D eigenvalue weighted by Crippen LogP contribution is 2.22. The summed E-state index contributed by atoms with van der Waals surface area (Å²) in [5, 5.41) is 14.4. The fraction of sp³-hybridized carbons (Fsp3) is 0.273. The van der Waals surface area contributed by atoms with Crippen molar-refractivity contribution in [3.05, 3.63) is 28.8 Å². The molecule has 0 aliphatic heterocycles. The molecule has 84 valence electrons. The van der Waals surface area contributed by atoms with E-state index in [-0.39, 0.29) is 6.03 Å². The van der Waals surface area contributed by atoms with Crippen LogP contribution in [0.5, 0.6) is 0 Å². The first-order valence-corrected chi connectivity index (χ1v) is 5.29. The zero-order chi connectivity index (χ0) is 12.0. The molecule has 4 nitrogen and oxygen atoms in total. The van der Waals surface area contributed by atoms with E-state index in [2.05, 4.69) is 10.6 Å². The standard InChI is InChI=1S/C11H12ClN3O/c1-2-5-14-11(16)15-10-6-8(7-13)3-4-9(10)12/h3-4,6H,2,5H2,1H3,(H2,14,15,16). The van der Waals surface area contributed by atoms with Gasteiger partial charge in [-0.1, -0.05) is 18.5 Å².